The minimum atomic E-state index is 0.617. The van der Waals surface area contributed by atoms with E-state index in [2.05, 4.69) is 212 Å². The summed E-state index contributed by atoms with van der Waals surface area (Å²) in [4.78, 5) is 16.6. The molecule has 6 aromatic heterocycles. The average molecular weight is 873 g/mol. The highest BCUT2D eigenvalue weighted by Gasteiger charge is 2.28. The first-order chi connectivity index (χ1) is 33.7. The van der Waals surface area contributed by atoms with Crippen LogP contribution in [0.3, 0.4) is 0 Å². The van der Waals surface area contributed by atoms with Crippen molar-refractivity contribution in [1.29, 1.82) is 0 Å². The molecule has 1 aliphatic rings. The normalized spacial score (nSPS) is 13.3. The lowest BCUT2D eigenvalue weighted by molar-refractivity contribution is 0.864. The molecule has 320 valence electrons. The van der Waals surface area contributed by atoms with Crippen molar-refractivity contribution in [3.05, 3.63) is 200 Å². The molecule has 0 bridgehead atoms. The molecule has 0 atom stereocenters. The lowest BCUT2D eigenvalue weighted by Gasteiger charge is -2.14. The number of hydrogen-bond acceptors (Lipinski definition) is 3. The molecule has 8 aromatic carbocycles. The van der Waals surface area contributed by atoms with E-state index >= 15 is 0 Å². The number of fused-ring (bicyclic) bond motifs is 14. The Morgan fingerprint density at radius 3 is 1.68 bits per heavy atom. The molecule has 0 radical (unpaired) electrons. The molecule has 8 nitrogen and oxygen atoms in total. The van der Waals surface area contributed by atoms with Crippen LogP contribution >= 0.6 is 0 Å². The van der Waals surface area contributed by atoms with Gasteiger partial charge in [0.25, 0.3) is 0 Å². The second-order valence-electron chi connectivity index (χ2n) is 18.0. The van der Waals surface area contributed by atoms with Gasteiger partial charge in [-0.3, -0.25) is 9.13 Å². The summed E-state index contributed by atoms with van der Waals surface area (Å²) in [6.45, 7) is 0. The van der Waals surface area contributed by atoms with Crippen molar-refractivity contribution in [1.82, 2.24) is 37.8 Å². The maximum atomic E-state index is 5.63. The van der Waals surface area contributed by atoms with Crippen molar-refractivity contribution in [2.75, 3.05) is 0 Å². The molecule has 0 aliphatic heterocycles. The molecule has 0 spiro atoms. The Kier molecular flexibility index (Phi) is 7.67. The number of nitrogens with zero attached hydrogens (tertiary/aromatic N) is 8. The lowest BCUT2D eigenvalue weighted by atomic mass is 10.1. The van der Waals surface area contributed by atoms with Gasteiger partial charge in [0.2, 0.25) is 5.95 Å². The van der Waals surface area contributed by atoms with Crippen molar-refractivity contribution >= 4 is 104 Å². The minimum absolute atomic E-state index is 0.617. The number of hydrogen-bond donors (Lipinski definition) is 0. The molecule has 0 fully saturated rings. The molecule has 0 unspecified atom stereocenters. The average Bonchev–Trinajstić information content (AvgIpc) is 4.19. The summed E-state index contributed by atoms with van der Waals surface area (Å²) < 4.78 is 11.8. The van der Waals surface area contributed by atoms with Gasteiger partial charge in [0.15, 0.2) is 17.3 Å². The van der Waals surface area contributed by atoms with Crippen LogP contribution in [0.1, 0.15) is 12.8 Å². The van der Waals surface area contributed by atoms with Gasteiger partial charge in [0, 0.05) is 67.1 Å². The van der Waals surface area contributed by atoms with E-state index in [1.165, 1.54) is 49.0 Å². The number of allylic oxidation sites excluding steroid dienone is 4. The van der Waals surface area contributed by atoms with Crippen LogP contribution in [0.4, 0.5) is 0 Å². The zero-order valence-corrected chi connectivity index (χ0v) is 37.0. The van der Waals surface area contributed by atoms with Crippen molar-refractivity contribution in [2.24, 2.45) is 7.05 Å². The Bertz CT molecular complexity index is 4500. The zero-order valence-electron chi connectivity index (χ0n) is 37.0. The van der Waals surface area contributed by atoms with E-state index in [9.17, 15) is 0 Å². The zero-order chi connectivity index (χ0) is 44.6. The first-order valence-corrected chi connectivity index (χ1v) is 23.3. The number of aryl methyl sites for hydroxylation is 1. The monoisotopic (exact) mass is 872 g/mol. The van der Waals surface area contributed by atoms with Gasteiger partial charge in [-0.1, -0.05) is 140 Å². The second kappa shape index (κ2) is 14.0. The third-order valence-corrected chi connectivity index (χ3v) is 14.4. The topological polar surface area (TPSA) is 63.3 Å². The van der Waals surface area contributed by atoms with Crippen molar-refractivity contribution in [3.63, 3.8) is 0 Å². The number of rotatable bonds is 5. The molecule has 0 saturated carbocycles. The molecule has 6 heterocycles. The van der Waals surface area contributed by atoms with Gasteiger partial charge < -0.3 is 13.7 Å². The highest BCUT2D eigenvalue weighted by molar-refractivity contribution is 6.26. The largest absolute Gasteiger partial charge is 0.313 e. The molecule has 0 amide bonds. The standard InChI is InChI=1S/C60H40N8/c1-64-56-58(63-60(64)67-48-30-16-13-27-42(48)46-35-52-45(36-53(46)67)41-26-12-15-29-47(41)66(52)39-23-9-4-10-24-39)61-57(37-19-5-2-6-20-37)62-59(56)68-49-31-17-11-25-40(49)43-33-34-51-54(55(43)68)44-28-14-18-32-50(44)65(51)38-21-7-3-8-22-38/h2-9,11-23,25-36H,10,24H2,1H3. The highest BCUT2D eigenvalue weighted by atomic mass is 15.3. The van der Waals surface area contributed by atoms with E-state index in [-0.39, 0.29) is 0 Å². The predicted molar refractivity (Wildman–Crippen MR) is 280 cm³/mol. The van der Waals surface area contributed by atoms with E-state index in [4.69, 9.17) is 15.0 Å². The summed E-state index contributed by atoms with van der Waals surface area (Å²) in [6, 6.07) is 65.4. The Hall–Kier alpha value is -9.01. The maximum Gasteiger partial charge on any atom is 0.217 e. The lowest BCUT2D eigenvalue weighted by Crippen LogP contribution is -2.07. The molecular formula is C60H40N8. The van der Waals surface area contributed by atoms with Crippen LogP contribution in [0.2, 0.25) is 0 Å². The van der Waals surface area contributed by atoms with E-state index in [1.54, 1.807) is 0 Å². The van der Waals surface area contributed by atoms with Crippen LogP contribution in [0, 0.1) is 0 Å². The number of benzene rings is 8. The summed E-state index contributed by atoms with van der Waals surface area (Å²) in [5, 5.41) is 9.44. The molecule has 0 saturated heterocycles. The molecule has 8 heteroatoms. The number of aromatic nitrogens is 8. The van der Waals surface area contributed by atoms with Crippen molar-refractivity contribution in [2.45, 2.75) is 12.8 Å². The highest BCUT2D eigenvalue weighted by Crippen LogP contribution is 2.44. The van der Waals surface area contributed by atoms with Crippen LogP contribution in [0.25, 0.3) is 133 Å². The van der Waals surface area contributed by atoms with Gasteiger partial charge in [-0.2, -0.15) is 4.98 Å². The first kappa shape index (κ1) is 37.2. The predicted octanol–water partition coefficient (Wildman–Crippen LogP) is 14.6. The summed E-state index contributed by atoms with van der Waals surface area (Å²) >= 11 is 0. The van der Waals surface area contributed by atoms with Gasteiger partial charge in [-0.05, 0) is 73.5 Å². The SMILES string of the molecule is Cn1c(-n2c3ccccc3c3cc4c(cc32)c2ccccc2n4C2=CC=CCC2)nc2nc(-c3ccccc3)nc(-n3c4ccccc4c4ccc5c(c6ccccc6n5-c5ccccc5)c43)c21. The van der Waals surface area contributed by atoms with Gasteiger partial charge in [-0.15, -0.1) is 0 Å². The number of para-hydroxylation sites is 5. The Morgan fingerprint density at radius 1 is 0.426 bits per heavy atom. The molecule has 14 aromatic rings. The second-order valence-corrected chi connectivity index (χ2v) is 18.0. The summed E-state index contributed by atoms with van der Waals surface area (Å²) in [7, 11) is 2.12. The van der Waals surface area contributed by atoms with E-state index in [1.807, 2.05) is 18.2 Å². The van der Waals surface area contributed by atoms with Crippen LogP contribution in [-0.4, -0.2) is 37.8 Å². The molecule has 15 rings (SSSR count). The van der Waals surface area contributed by atoms with Crippen LogP contribution in [-0.2, 0) is 7.05 Å². The molecular weight excluding hydrogens is 833 g/mol. The van der Waals surface area contributed by atoms with Crippen molar-refractivity contribution in [3.8, 4) is 28.8 Å². The Morgan fingerprint density at radius 2 is 1.00 bits per heavy atom. The molecule has 0 N–H and O–H groups in total. The smallest absolute Gasteiger partial charge is 0.217 e. The fourth-order valence-corrected chi connectivity index (χ4v) is 11.5. The molecule has 68 heavy (non-hydrogen) atoms. The van der Waals surface area contributed by atoms with Crippen LogP contribution in [0.5, 0.6) is 0 Å². The fraction of sp³-hybridized carbons (Fsp3) is 0.0500. The Labute approximate surface area is 389 Å². The fourth-order valence-electron chi connectivity index (χ4n) is 11.5. The quantitative estimate of drug-likeness (QED) is 0.173. The first-order valence-electron chi connectivity index (χ1n) is 23.3. The van der Waals surface area contributed by atoms with Gasteiger partial charge in [0.05, 0.1) is 44.1 Å². The van der Waals surface area contributed by atoms with Gasteiger partial charge >= 0.3 is 0 Å². The summed E-state index contributed by atoms with van der Waals surface area (Å²) in [5.41, 5.74) is 13.8. The number of imidazole rings is 1. The maximum absolute atomic E-state index is 5.63. The third kappa shape index (κ3) is 5.06. The summed E-state index contributed by atoms with van der Waals surface area (Å²) in [6.07, 6.45) is 8.74. The van der Waals surface area contributed by atoms with Crippen molar-refractivity contribution < 1.29 is 0 Å². The molecule has 1 aliphatic carbocycles. The van der Waals surface area contributed by atoms with E-state index in [0.717, 1.165) is 85.2 Å². The van der Waals surface area contributed by atoms with Gasteiger partial charge in [-0.25, -0.2) is 9.97 Å². The third-order valence-electron chi connectivity index (χ3n) is 14.4. The van der Waals surface area contributed by atoms with E-state index in [0.29, 0.717) is 11.5 Å². The Balaban J connectivity index is 1.08. The van der Waals surface area contributed by atoms with E-state index < -0.39 is 0 Å². The summed E-state index contributed by atoms with van der Waals surface area (Å²) in [5.74, 6) is 2.15. The minimum Gasteiger partial charge on any atom is -0.313 e. The van der Waals surface area contributed by atoms with Crippen LogP contribution < -0.4 is 0 Å². The van der Waals surface area contributed by atoms with Gasteiger partial charge in [0.1, 0.15) is 5.52 Å². The van der Waals surface area contributed by atoms with Crippen LogP contribution in [0.15, 0.2) is 200 Å².